The smallest absolute Gasteiger partial charge is 0.247 e. The lowest BCUT2D eigenvalue weighted by Crippen LogP contribution is -2.24. The van der Waals surface area contributed by atoms with Crippen molar-refractivity contribution < 1.29 is 9.53 Å². The molecule has 2 rings (SSSR count). The maximum absolute atomic E-state index is 12.3. The van der Waals surface area contributed by atoms with Crippen LogP contribution in [0.25, 0.3) is 0 Å². The molecule has 6 heteroatoms. The minimum absolute atomic E-state index is 0.146. The van der Waals surface area contributed by atoms with Gasteiger partial charge in [0.15, 0.2) is 0 Å². The number of nitrogens with two attached hydrogens (primary N) is 1. The molecule has 0 aliphatic heterocycles. The molecule has 1 heterocycles. The highest BCUT2D eigenvalue weighted by atomic mass is 16.5. The molecule has 0 saturated carbocycles. The predicted octanol–water partition coefficient (Wildman–Crippen LogP) is 2.29. The summed E-state index contributed by atoms with van der Waals surface area (Å²) in [5.74, 6) is 0.506. The number of nitrogens with zero attached hydrogens (tertiary/aromatic N) is 2. The summed E-state index contributed by atoms with van der Waals surface area (Å²) < 4.78 is 6.92. The van der Waals surface area contributed by atoms with Crippen LogP contribution in [0.3, 0.4) is 0 Å². The highest BCUT2D eigenvalue weighted by molar-refractivity contribution is 5.96. The van der Waals surface area contributed by atoms with E-state index in [4.69, 9.17) is 10.5 Å². The number of hydrogen-bond acceptors (Lipinski definition) is 4. The zero-order chi connectivity index (χ0) is 15.6. The van der Waals surface area contributed by atoms with Gasteiger partial charge in [0.2, 0.25) is 5.91 Å². The predicted molar refractivity (Wildman–Crippen MR) is 82.4 cm³/mol. The first-order valence-electron chi connectivity index (χ1n) is 6.68. The van der Waals surface area contributed by atoms with E-state index in [9.17, 15) is 4.79 Å². The molecule has 1 aromatic heterocycles. The number of rotatable bonds is 4. The number of nitrogens with one attached hydrogen (secondary N) is 1. The molecule has 2 aromatic rings. The number of benzene rings is 1. The molecule has 1 unspecified atom stereocenters. The Kier molecular flexibility index (Phi) is 4.16. The SMILES string of the molecule is COc1ccc(NC(=O)C(C)n2cnc(C)c2C)c(N)c1. The molecule has 0 radical (unpaired) electrons. The molecule has 6 nitrogen and oxygen atoms in total. The second-order valence-corrected chi connectivity index (χ2v) is 4.94. The summed E-state index contributed by atoms with van der Waals surface area (Å²) in [4.78, 5) is 16.5. The summed E-state index contributed by atoms with van der Waals surface area (Å²) in [6.45, 7) is 5.68. The Bertz CT molecular complexity index is 664. The number of carbonyl (C=O) groups excluding carboxylic acids is 1. The summed E-state index contributed by atoms with van der Waals surface area (Å²) in [6, 6.07) is 4.79. The van der Waals surface area contributed by atoms with Gasteiger partial charge < -0.3 is 20.4 Å². The zero-order valence-electron chi connectivity index (χ0n) is 12.7. The third-order valence-electron chi connectivity index (χ3n) is 3.60. The lowest BCUT2D eigenvalue weighted by atomic mass is 10.2. The van der Waals surface area contributed by atoms with Crippen LogP contribution in [0.5, 0.6) is 5.75 Å². The van der Waals surface area contributed by atoms with Crippen LogP contribution in [-0.2, 0) is 4.79 Å². The van der Waals surface area contributed by atoms with Gasteiger partial charge in [0.1, 0.15) is 11.8 Å². The Hall–Kier alpha value is -2.50. The van der Waals surface area contributed by atoms with Gasteiger partial charge in [0.25, 0.3) is 0 Å². The summed E-state index contributed by atoms with van der Waals surface area (Å²) in [7, 11) is 1.57. The molecular formula is C15H20N4O2. The van der Waals surface area contributed by atoms with Crippen LogP contribution >= 0.6 is 0 Å². The number of carbonyl (C=O) groups is 1. The van der Waals surface area contributed by atoms with Crippen molar-refractivity contribution in [3.05, 3.63) is 35.9 Å². The first kappa shape index (κ1) is 14.9. The third kappa shape index (κ3) is 2.99. The van der Waals surface area contributed by atoms with E-state index in [1.165, 1.54) is 0 Å². The Balaban J connectivity index is 2.16. The monoisotopic (exact) mass is 288 g/mol. The van der Waals surface area contributed by atoms with Crippen LogP contribution in [0, 0.1) is 13.8 Å². The lowest BCUT2D eigenvalue weighted by molar-refractivity contribution is -0.118. The van der Waals surface area contributed by atoms with Crippen LogP contribution in [0.15, 0.2) is 24.5 Å². The largest absolute Gasteiger partial charge is 0.497 e. The number of hydrogen-bond donors (Lipinski definition) is 2. The van der Waals surface area contributed by atoms with E-state index >= 15 is 0 Å². The van der Waals surface area contributed by atoms with Gasteiger partial charge in [-0.1, -0.05) is 0 Å². The van der Waals surface area contributed by atoms with Gasteiger partial charge in [-0.05, 0) is 32.9 Å². The van der Waals surface area contributed by atoms with Gasteiger partial charge in [-0.3, -0.25) is 4.79 Å². The minimum Gasteiger partial charge on any atom is -0.497 e. The fourth-order valence-corrected chi connectivity index (χ4v) is 2.05. The van der Waals surface area contributed by atoms with Crippen molar-refractivity contribution in [2.24, 2.45) is 0 Å². The first-order valence-corrected chi connectivity index (χ1v) is 6.68. The highest BCUT2D eigenvalue weighted by Gasteiger charge is 2.18. The normalized spacial score (nSPS) is 12.0. The van der Waals surface area contributed by atoms with E-state index in [1.807, 2.05) is 25.3 Å². The van der Waals surface area contributed by atoms with Gasteiger partial charge in [-0.25, -0.2) is 4.98 Å². The highest BCUT2D eigenvalue weighted by Crippen LogP contribution is 2.25. The van der Waals surface area contributed by atoms with Crippen molar-refractivity contribution in [1.29, 1.82) is 0 Å². The molecule has 1 atom stereocenters. The van der Waals surface area contributed by atoms with Crippen molar-refractivity contribution in [2.75, 3.05) is 18.2 Å². The third-order valence-corrected chi connectivity index (χ3v) is 3.60. The molecule has 3 N–H and O–H groups in total. The van der Waals surface area contributed by atoms with Crippen LogP contribution in [0.1, 0.15) is 24.4 Å². The van der Waals surface area contributed by atoms with Crippen molar-refractivity contribution in [1.82, 2.24) is 9.55 Å². The number of aromatic nitrogens is 2. The molecule has 21 heavy (non-hydrogen) atoms. The van der Waals surface area contributed by atoms with Gasteiger partial charge in [0, 0.05) is 11.8 Å². The molecule has 0 bridgehead atoms. The Morgan fingerprint density at radius 3 is 2.67 bits per heavy atom. The Morgan fingerprint density at radius 1 is 1.43 bits per heavy atom. The molecule has 0 aliphatic carbocycles. The maximum atomic E-state index is 12.3. The Morgan fingerprint density at radius 2 is 2.14 bits per heavy atom. The molecule has 0 aliphatic rings. The van der Waals surface area contributed by atoms with E-state index in [0.717, 1.165) is 11.4 Å². The van der Waals surface area contributed by atoms with Gasteiger partial charge >= 0.3 is 0 Å². The number of methoxy groups -OCH3 is 1. The fraction of sp³-hybridized carbons (Fsp3) is 0.333. The van der Waals surface area contributed by atoms with Crippen LogP contribution in [0.4, 0.5) is 11.4 Å². The number of nitrogen functional groups attached to an aromatic ring is 1. The average Bonchev–Trinajstić information content (AvgIpc) is 2.80. The van der Waals surface area contributed by atoms with Gasteiger partial charge in [0.05, 0.1) is 30.5 Å². The van der Waals surface area contributed by atoms with Crippen LogP contribution in [0.2, 0.25) is 0 Å². The number of amides is 1. The van der Waals surface area contributed by atoms with Gasteiger partial charge in [-0.15, -0.1) is 0 Å². The molecule has 1 aromatic carbocycles. The summed E-state index contributed by atoms with van der Waals surface area (Å²) in [5, 5.41) is 2.83. The number of aryl methyl sites for hydroxylation is 1. The lowest BCUT2D eigenvalue weighted by Gasteiger charge is -2.16. The topological polar surface area (TPSA) is 82.2 Å². The zero-order valence-corrected chi connectivity index (χ0v) is 12.7. The van der Waals surface area contributed by atoms with Crippen molar-refractivity contribution >= 4 is 17.3 Å². The summed E-state index contributed by atoms with van der Waals surface area (Å²) in [5.41, 5.74) is 8.83. The molecule has 0 saturated heterocycles. The molecular weight excluding hydrogens is 268 g/mol. The number of ether oxygens (including phenoxy) is 1. The molecule has 0 fully saturated rings. The van der Waals surface area contributed by atoms with E-state index in [-0.39, 0.29) is 11.9 Å². The van der Waals surface area contributed by atoms with Gasteiger partial charge in [-0.2, -0.15) is 0 Å². The van der Waals surface area contributed by atoms with Crippen LogP contribution in [-0.4, -0.2) is 22.6 Å². The maximum Gasteiger partial charge on any atom is 0.247 e. The second-order valence-electron chi connectivity index (χ2n) is 4.94. The minimum atomic E-state index is -0.368. The number of anilines is 2. The van der Waals surface area contributed by atoms with Crippen molar-refractivity contribution in [2.45, 2.75) is 26.8 Å². The van der Waals surface area contributed by atoms with Crippen molar-refractivity contribution in [3.63, 3.8) is 0 Å². The summed E-state index contributed by atoms with van der Waals surface area (Å²) >= 11 is 0. The van der Waals surface area contributed by atoms with Crippen molar-refractivity contribution in [3.8, 4) is 5.75 Å². The van der Waals surface area contributed by atoms with E-state index in [2.05, 4.69) is 10.3 Å². The molecule has 112 valence electrons. The quantitative estimate of drug-likeness (QED) is 0.846. The Labute approximate surface area is 123 Å². The molecule has 0 spiro atoms. The summed E-state index contributed by atoms with van der Waals surface area (Å²) in [6.07, 6.45) is 1.67. The number of imidazole rings is 1. The van der Waals surface area contributed by atoms with E-state index in [0.29, 0.717) is 17.1 Å². The fourth-order valence-electron chi connectivity index (χ4n) is 2.05. The average molecular weight is 288 g/mol. The first-order chi connectivity index (χ1) is 9.93. The second kappa shape index (κ2) is 5.87. The van der Waals surface area contributed by atoms with Crippen LogP contribution < -0.4 is 15.8 Å². The molecule has 1 amide bonds. The van der Waals surface area contributed by atoms with E-state index in [1.54, 1.807) is 31.6 Å². The standard InChI is InChI=1S/C15H20N4O2/c1-9-10(2)19(8-17-9)11(3)15(20)18-14-6-5-12(21-4)7-13(14)16/h5-8,11H,16H2,1-4H3,(H,18,20). The van der Waals surface area contributed by atoms with E-state index < -0.39 is 0 Å².